The molecule has 2 atom stereocenters. The highest BCUT2D eigenvalue weighted by Crippen LogP contribution is 2.38. The van der Waals surface area contributed by atoms with E-state index in [4.69, 9.17) is 18.5 Å². The maximum Gasteiger partial charge on any atom is 0.306 e. The Morgan fingerprint density at radius 2 is 0.679 bits per heavy atom. The zero-order valence-corrected chi connectivity index (χ0v) is 55.7. The molecule has 0 spiro atoms. The van der Waals surface area contributed by atoms with Crippen LogP contribution in [0.3, 0.4) is 0 Å². The maximum absolute atomic E-state index is 12.9. The minimum atomic E-state index is -4.65. The second-order valence-electron chi connectivity index (χ2n) is 23.8. The molecule has 10 heteroatoms. The van der Waals surface area contributed by atoms with Gasteiger partial charge in [-0.15, -0.1) is 0 Å². The Labute approximate surface area is 518 Å². The van der Waals surface area contributed by atoms with E-state index in [1.54, 1.807) is 0 Å². The van der Waals surface area contributed by atoms with Crippen molar-refractivity contribution in [2.75, 3.05) is 47.5 Å². The Kier molecular flexibility index (Phi) is 61.2. The minimum Gasteiger partial charge on any atom is -0.756 e. The first-order valence-corrected chi connectivity index (χ1v) is 35.7. The van der Waals surface area contributed by atoms with Crippen LogP contribution in [-0.4, -0.2) is 70.0 Å². The molecule has 0 heterocycles. The molecule has 9 nitrogen and oxygen atoms in total. The van der Waals surface area contributed by atoms with Crippen molar-refractivity contribution in [2.45, 2.75) is 290 Å². The molecule has 0 rings (SSSR count). The summed E-state index contributed by atoms with van der Waals surface area (Å²) in [6.07, 6.45) is 91.2. The van der Waals surface area contributed by atoms with Crippen molar-refractivity contribution < 1.29 is 42.1 Å². The number of phosphoric ester groups is 1. The lowest BCUT2D eigenvalue weighted by molar-refractivity contribution is -0.870. The van der Waals surface area contributed by atoms with E-state index in [1.807, 2.05) is 21.1 Å². The fraction of sp³-hybridized carbons (Fsp3) is 0.703. The highest BCUT2D eigenvalue weighted by molar-refractivity contribution is 7.45. The number of phosphoric acid groups is 1. The van der Waals surface area contributed by atoms with Gasteiger partial charge in [-0.2, -0.15) is 0 Å². The number of quaternary nitrogens is 1. The Balaban J connectivity index is 4.09. The third-order valence-electron chi connectivity index (χ3n) is 14.5. The number of ether oxygens (including phenoxy) is 2. The molecule has 2 unspecified atom stereocenters. The zero-order chi connectivity index (χ0) is 61.2. The second-order valence-corrected chi connectivity index (χ2v) is 25.2. The molecule has 0 aromatic rings. The van der Waals surface area contributed by atoms with Gasteiger partial charge < -0.3 is 27.9 Å². The van der Waals surface area contributed by atoms with Gasteiger partial charge >= 0.3 is 11.9 Å². The number of likely N-dealkylation sites (N-methyl/N-ethyl adjacent to an activating group) is 1. The van der Waals surface area contributed by atoms with Gasteiger partial charge in [-0.25, -0.2) is 0 Å². The summed E-state index contributed by atoms with van der Waals surface area (Å²) >= 11 is 0. The molecule has 0 bridgehead atoms. The summed E-state index contributed by atoms with van der Waals surface area (Å²) in [5.74, 6) is -0.838. The quantitative estimate of drug-likeness (QED) is 0.0195. The van der Waals surface area contributed by atoms with Crippen molar-refractivity contribution in [1.29, 1.82) is 0 Å². The first-order valence-electron chi connectivity index (χ1n) is 34.2. The number of hydrogen-bond donors (Lipinski definition) is 0. The second kappa shape index (κ2) is 63.9. The monoisotopic (exact) mass is 1190 g/mol. The molecule has 0 N–H and O–H groups in total. The van der Waals surface area contributed by atoms with E-state index in [9.17, 15) is 19.0 Å². The van der Waals surface area contributed by atoms with Crippen LogP contribution in [0.2, 0.25) is 0 Å². The number of hydrogen-bond acceptors (Lipinski definition) is 8. The highest BCUT2D eigenvalue weighted by Gasteiger charge is 2.22. The van der Waals surface area contributed by atoms with Crippen LogP contribution in [0.15, 0.2) is 122 Å². The molecule has 0 fully saturated rings. The van der Waals surface area contributed by atoms with Gasteiger partial charge in [0.2, 0.25) is 0 Å². The average Bonchev–Trinajstić information content (AvgIpc) is 3.61. The van der Waals surface area contributed by atoms with E-state index in [1.165, 1.54) is 141 Å². The van der Waals surface area contributed by atoms with Gasteiger partial charge in [0.25, 0.3) is 7.82 Å². The van der Waals surface area contributed by atoms with Crippen molar-refractivity contribution in [3.8, 4) is 0 Å². The van der Waals surface area contributed by atoms with E-state index < -0.39 is 26.5 Å². The molecule has 0 saturated heterocycles. The van der Waals surface area contributed by atoms with Crippen LogP contribution in [0, 0.1) is 0 Å². The number of allylic oxidation sites excluding steroid dienone is 20. The summed E-state index contributed by atoms with van der Waals surface area (Å²) in [6.45, 7) is 4.12. The van der Waals surface area contributed by atoms with E-state index in [2.05, 4.69) is 135 Å². The zero-order valence-electron chi connectivity index (χ0n) is 54.8. The number of nitrogens with zero attached hydrogens (tertiary/aromatic N) is 1. The summed E-state index contributed by atoms with van der Waals surface area (Å²) in [4.78, 5) is 38.0. The molecule has 482 valence electrons. The van der Waals surface area contributed by atoms with Gasteiger partial charge in [-0.3, -0.25) is 14.2 Å². The van der Waals surface area contributed by atoms with Gasteiger partial charge in [-0.05, 0) is 109 Å². The molecule has 0 aromatic heterocycles. The van der Waals surface area contributed by atoms with Crippen LogP contribution >= 0.6 is 7.82 Å². The molecule has 0 aliphatic carbocycles. The molecule has 0 aromatic carbocycles. The smallest absolute Gasteiger partial charge is 0.306 e. The molecule has 84 heavy (non-hydrogen) atoms. The Morgan fingerprint density at radius 3 is 1.01 bits per heavy atom. The molecule has 0 radical (unpaired) electrons. The molecule has 0 saturated carbocycles. The van der Waals surface area contributed by atoms with Gasteiger partial charge in [0.05, 0.1) is 27.7 Å². The summed E-state index contributed by atoms with van der Waals surface area (Å²) < 4.78 is 34.3. The summed E-state index contributed by atoms with van der Waals surface area (Å²) in [6, 6.07) is 0. The number of unbranched alkanes of at least 4 members (excludes halogenated alkanes) is 28. The SMILES string of the molecule is CC/C=C\C/C=C\C/C=C\C/C=C\C/C=C\C/C=C\C/C=C\CCCCCCCCCCCCCCCC(=O)OC(COC(=O)CCCCCCCCCCCC/C=C\C/C=C\C/C=C\CCCCCCC)COP(=O)([O-])OCC[N+](C)(C)C. The van der Waals surface area contributed by atoms with Gasteiger partial charge in [0.15, 0.2) is 6.10 Å². The van der Waals surface area contributed by atoms with Gasteiger partial charge in [-0.1, -0.05) is 283 Å². The van der Waals surface area contributed by atoms with Crippen LogP contribution < -0.4 is 4.89 Å². The largest absolute Gasteiger partial charge is 0.756 e. The fourth-order valence-corrected chi connectivity index (χ4v) is 9.96. The van der Waals surface area contributed by atoms with Crippen LogP contribution in [-0.2, 0) is 32.7 Å². The average molecular weight is 1190 g/mol. The summed E-state index contributed by atoms with van der Waals surface area (Å²) in [5, 5.41) is 0. The first-order chi connectivity index (χ1) is 41.0. The lowest BCUT2D eigenvalue weighted by atomic mass is 10.0. The van der Waals surface area contributed by atoms with Crippen LogP contribution in [0.1, 0.15) is 284 Å². The van der Waals surface area contributed by atoms with E-state index in [0.717, 1.165) is 109 Å². The number of rotatable bonds is 62. The van der Waals surface area contributed by atoms with Crippen LogP contribution in [0.25, 0.3) is 0 Å². The van der Waals surface area contributed by atoms with Crippen molar-refractivity contribution >= 4 is 19.8 Å². The predicted octanol–water partition coefficient (Wildman–Crippen LogP) is 21.6. The normalized spacial score (nSPS) is 13.9. The first kappa shape index (κ1) is 80.4. The lowest BCUT2D eigenvalue weighted by Crippen LogP contribution is -2.37. The third-order valence-corrected chi connectivity index (χ3v) is 15.4. The molecular formula is C74H128NO8P. The van der Waals surface area contributed by atoms with Gasteiger partial charge in [0.1, 0.15) is 19.8 Å². The Morgan fingerprint density at radius 1 is 0.381 bits per heavy atom. The van der Waals surface area contributed by atoms with Crippen molar-refractivity contribution in [3.63, 3.8) is 0 Å². The Bertz CT molecular complexity index is 1830. The topological polar surface area (TPSA) is 111 Å². The maximum atomic E-state index is 12.9. The predicted molar refractivity (Wildman–Crippen MR) is 360 cm³/mol. The van der Waals surface area contributed by atoms with Crippen LogP contribution in [0.5, 0.6) is 0 Å². The number of esters is 2. The fourth-order valence-electron chi connectivity index (χ4n) is 9.23. The molecular weight excluding hydrogens is 1060 g/mol. The molecule has 0 aliphatic rings. The van der Waals surface area contributed by atoms with Crippen molar-refractivity contribution in [2.24, 2.45) is 0 Å². The van der Waals surface area contributed by atoms with E-state index in [0.29, 0.717) is 17.4 Å². The minimum absolute atomic E-state index is 0.0364. The highest BCUT2D eigenvalue weighted by atomic mass is 31.2. The summed E-state index contributed by atoms with van der Waals surface area (Å²) in [7, 11) is 1.16. The Hall–Kier alpha value is -3.59. The third kappa shape index (κ3) is 67.5. The van der Waals surface area contributed by atoms with Crippen LogP contribution in [0.4, 0.5) is 0 Å². The van der Waals surface area contributed by atoms with Crippen molar-refractivity contribution in [1.82, 2.24) is 0 Å². The standard InChI is InChI=1S/C74H128NO8P/c1-6-8-10-12-14-16-18-20-22-24-26-28-30-32-33-34-35-36-37-38-39-40-41-43-45-47-49-51-53-55-57-59-61-63-65-67-74(77)83-72(71-82-84(78,79)81-69-68-75(3,4)5)70-80-73(76)66-64-62-60-58-56-54-52-50-48-46-44-42-31-29-27-25-23-21-19-17-15-13-11-9-7-2/h8,10,14,16,19-22,25-28,31-33,35-36,38-39,42,72H,6-7,9,11-13,15,17-18,23-24,29-30,34,37,40-41,43-71H2,1-5H3/b10-8-,16-14-,21-19-,22-20-,27-25-,28-26-,33-32-,36-35-,39-38-,42-31-. The van der Waals surface area contributed by atoms with Crippen molar-refractivity contribution in [3.05, 3.63) is 122 Å². The number of carbonyl (C=O) groups is 2. The molecule has 0 aliphatic heterocycles. The summed E-state index contributed by atoms with van der Waals surface area (Å²) in [5.41, 5.74) is 0. The van der Waals surface area contributed by atoms with Gasteiger partial charge in [0, 0.05) is 12.8 Å². The molecule has 0 amide bonds. The van der Waals surface area contributed by atoms with E-state index >= 15 is 0 Å². The lowest BCUT2D eigenvalue weighted by Gasteiger charge is -2.28. The number of carbonyl (C=O) groups excluding carboxylic acids is 2. The van der Waals surface area contributed by atoms with E-state index in [-0.39, 0.29) is 32.0 Å².